The predicted molar refractivity (Wildman–Crippen MR) is 128 cm³/mol. The smallest absolute Gasteiger partial charge is 0.229 e. The van der Waals surface area contributed by atoms with Crippen LogP contribution in [0.3, 0.4) is 0 Å². The van der Waals surface area contributed by atoms with Crippen molar-refractivity contribution < 1.29 is 8.42 Å². The Morgan fingerprint density at radius 2 is 1.59 bits per heavy atom. The second kappa shape index (κ2) is 10.2. The van der Waals surface area contributed by atoms with Crippen molar-refractivity contribution in [3.63, 3.8) is 0 Å². The molecule has 0 saturated carbocycles. The van der Waals surface area contributed by atoms with E-state index in [1.54, 1.807) is 30.5 Å². The first-order valence-electron chi connectivity index (χ1n) is 9.85. The van der Waals surface area contributed by atoms with Crippen molar-refractivity contribution in [1.29, 1.82) is 5.26 Å². The van der Waals surface area contributed by atoms with E-state index >= 15 is 0 Å². The maximum atomic E-state index is 11.4. The summed E-state index contributed by atoms with van der Waals surface area (Å²) in [5.74, 6) is 0.0231. The topological polar surface area (TPSA) is 150 Å². The van der Waals surface area contributed by atoms with E-state index in [4.69, 9.17) is 16.7 Å². The number of benzene rings is 2. The lowest BCUT2D eigenvalue weighted by Gasteiger charge is -2.22. The van der Waals surface area contributed by atoms with Gasteiger partial charge in [0, 0.05) is 5.69 Å². The van der Waals surface area contributed by atoms with Crippen LogP contribution in [0.5, 0.6) is 0 Å². The Hall–Kier alpha value is -3.58. The number of nitrogens with two attached hydrogens (primary N) is 2. The van der Waals surface area contributed by atoms with Gasteiger partial charge in [-0.25, -0.2) is 13.4 Å². The van der Waals surface area contributed by atoms with E-state index in [-0.39, 0.29) is 23.9 Å². The van der Waals surface area contributed by atoms with E-state index < -0.39 is 10.0 Å². The molecule has 0 aromatic heterocycles. The van der Waals surface area contributed by atoms with Crippen molar-refractivity contribution in [2.24, 2.45) is 21.5 Å². The molecule has 0 amide bonds. The third-order valence-corrected chi connectivity index (χ3v) is 5.17. The minimum Gasteiger partial charge on any atom is -0.369 e. The van der Waals surface area contributed by atoms with Gasteiger partial charge in [-0.05, 0) is 34.2 Å². The maximum absolute atomic E-state index is 11.4. The van der Waals surface area contributed by atoms with Gasteiger partial charge in [0.15, 0.2) is 5.96 Å². The van der Waals surface area contributed by atoms with Gasteiger partial charge in [-0.2, -0.15) is 5.26 Å². The van der Waals surface area contributed by atoms with Crippen molar-refractivity contribution in [2.45, 2.75) is 39.3 Å². The van der Waals surface area contributed by atoms with Gasteiger partial charge in [-0.15, -0.1) is 4.99 Å². The number of anilines is 1. The molecule has 0 aliphatic heterocycles. The van der Waals surface area contributed by atoms with E-state index in [9.17, 15) is 8.42 Å². The molecule has 2 aromatic carbocycles. The zero-order valence-corrected chi connectivity index (χ0v) is 19.5. The molecule has 2 aromatic rings. The Balaban J connectivity index is 2.19. The molecule has 0 radical (unpaired) electrons. The standard InChI is InChI=1S/C22H29N7O2S/c1-22(2,3)18-9-5-16(6-10-18)13-26-20(24)29(21(25)27-15-23)14-17-7-11-19(12-8-17)28-32(4,30)31/h5-12,28H,13-14H2,1-4H3,(H2,24,26)(H2,25,27). The minimum absolute atomic E-state index is 0.0617. The summed E-state index contributed by atoms with van der Waals surface area (Å²) in [5.41, 5.74) is 15.6. The van der Waals surface area contributed by atoms with Gasteiger partial charge in [-0.1, -0.05) is 57.2 Å². The first-order valence-corrected chi connectivity index (χ1v) is 11.7. The number of nitrogens with zero attached hydrogens (tertiary/aromatic N) is 4. The van der Waals surface area contributed by atoms with Crippen LogP contribution >= 0.6 is 0 Å². The Morgan fingerprint density at radius 1 is 1.03 bits per heavy atom. The monoisotopic (exact) mass is 455 g/mol. The molecule has 0 saturated heterocycles. The molecule has 0 aliphatic rings. The van der Waals surface area contributed by atoms with Gasteiger partial charge in [0.2, 0.25) is 22.2 Å². The van der Waals surface area contributed by atoms with E-state index in [2.05, 4.69) is 47.6 Å². The van der Waals surface area contributed by atoms with E-state index in [1.165, 1.54) is 10.5 Å². The Kier molecular flexibility index (Phi) is 7.83. The molecule has 0 spiro atoms. The highest BCUT2D eigenvalue weighted by Crippen LogP contribution is 2.22. The lowest BCUT2D eigenvalue weighted by molar-refractivity contribution is 0.585. The van der Waals surface area contributed by atoms with E-state index in [0.717, 1.165) is 17.4 Å². The highest BCUT2D eigenvalue weighted by atomic mass is 32.2. The molecule has 0 unspecified atom stereocenters. The SMILES string of the molecule is CC(C)(C)c1ccc(CN=C(N)N(Cc2ccc(NS(C)(=O)=O)cc2)C(N)=NC#N)cc1. The minimum atomic E-state index is -3.37. The summed E-state index contributed by atoms with van der Waals surface area (Å²) in [6.07, 6.45) is 2.73. The van der Waals surface area contributed by atoms with Gasteiger partial charge in [0.25, 0.3) is 0 Å². The Bertz CT molecular complexity index is 1120. The molecule has 0 fully saturated rings. The fourth-order valence-electron chi connectivity index (χ4n) is 2.83. The van der Waals surface area contributed by atoms with Gasteiger partial charge >= 0.3 is 0 Å². The largest absolute Gasteiger partial charge is 0.369 e. The molecule has 9 nitrogen and oxygen atoms in total. The summed E-state index contributed by atoms with van der Waals surface area (Å²) in [7, 11) is -3.37. The fourth-order valence-corrected chi connectivity index (χ4v) is 3.40. The quantitative estimate of drug-likeness (QED) is 0.346. The van der Waals surface area contributed by atoms with Crippen molar-refractivity contribution in [3.8, 4) is 6.19 Å². The highest BCUT2D eigenvalue weighted by Gasteiger charge is 2.15. The zero-order valence-electron chi connectivity index (χ0n) is 18.7. The maximum Gasteiger partial charge on any atom is 0.229 e. The van der Waals surface area contributed by atoms with Crippen LogP contribution in [0.15, 0.2) is 58.5 Å². The van der Waals surface area contributed by atoms with Crippen LogP contribution in [-0.4, -0.2) is 31.5 Å². The van der Waals surface area contributed by atoms with Crippen molar-refractivity contribution in [2.75, 3.05) is 11.0 Å². The van der Waals surface area contributed by atoms with Crippen LogP contribution in [0.2, 0.25) is 0 Å². The van der Waals surface area contributed by atoms with Crippen LogP contribution in [-0.2, 0) is 28.5 Å². The number of aliphatic imine (C=N–C) groups is 2. The summed E-state index contributed by atoms with van der Waals surface area (Å²) in [6, 6.07) is 14.8. The third kappa shape index (κ3) is 7.59. The molecule has 0 atom stereocenters. The number of guanidine groups is 2. The van der Waals surface area contributed by atoms with Crippen LogP contribution in [0, 0.1) is 11.5 Å². The van der Waals surface area contributed by atoms with E-state index in [1.807, 2.05) is 12.1 Å². The zero-order chi connectivity index (χ0) is 23.9. The molecule has 32 heavy (non-hydrogen) atoms. The van der Waals surface area contributed by atoms with Crippen molar-refractivity contribution in [3.05, 3.63) is 65.2 Å². The van der Waals surface area contributed by atoms with Crippen LogP contribution in [0.4, 0.5) is 5.69 Å². The normalized spacial score (nSPS) is 12.8. The third-order valence-electron chi connectivity index (χ3n) is 4.56. The number of hydrogen-bond acceptors (Lipinski definition) is 5. The summed E-state index contributed by atoms with van der Waals surface area (Å²) >= 11 is 0. The van der Waals surface area contributed by atoms with Crippen LogP contribution in [0.1, 0.15) is 37.5 Å². The molecular formula is C22H29N7O2S. The van der Waals surface area contributed by atoms with Gasteiger partial charge in [0.1, 0.15) is 0 Å². The first kappa shape index (κ1) is 24.7. The average molecular weight is 456 g/mol. The fraction of sp³-hybridized carbons (Fsp3) is 0.318. The number of nitrogens with one attached hydrogen (secondary N) is 1. The molecule has 0 bridgehead atoms. The number of hydrogen-bond donors (Lipinski definition) is 3. The summed E-state index contributed by atoms with van der Waals surface area (Å²) < 4.78 is 25.1. The molecule has 0 aliphatic carbocycles. The van der Waals surface area contributed by atoms with Crippen LogP contribution < -0.4 is 16.2 Å². The Morgan fingerprint density at radius 3 is 2.09 bits per heavy atom. The number of sulfonamides is 1. The number of nitriles is 1. The Labute approximate surface area is 189 Å². The summed E-state index contributed by atoms with van der Waals surface area (Å²) in [5, 5.41) is 8.89. The van der Waals surface area contributed by atoms with Crippen molar-refractivity contribution >= 4 is 27.6 Å². The van der Waals surface area contributed by atoms with Crippen LogP contribution in [0.25, 0.3) is 0 Å². The lowest BCUT2D eigenvalue weighted by atomic mass is 9.87. The van der Waals surface area contributed by atoms with Gasteiger partial charge in [0.05, 0.1) is 19.3 Å². The molecule has 2 rings (SSSR count). The van der Waals surface area contributed by atoms with Gasteiger partial charge < -0.3 is 11.5 Å². The molecule has 10 heteroatoms. The molecule has 0 heterocycles. The molecule has 5 N–H and O–H groups in total. The van der Waals surface area contributed by atoms with E-state index in [0.29, 0.717) is 12.2 Å². The highest BCUT2D eigenvalue weighted by molar-refractivity contribution is 7.92. The molecule has 170 valence electrons. The first-order chi connectivity index (χ1) is 14.9. The lowest BCUT2D eigenvalue weighted by Crippen LogP contribution is -2.45. The predicted octanol–water partition coefficient (Wildman–Crippen LogP) is 2.47. The molecular weight excluding hydrogens is 426 g/mol. The number of rotatable bonds is 6. The summed E-state index contributed by atoms with van der Waals surface area (Å²) in [4.78, 5) is 9.41. The summed E-state index contributed by atoms with van der Waals surface area (Å²) in [6.45, 7) is 6.99. The van der Waals surface area contributed by atoms with Gasteiger partial charge in [-0.3, -0.25) is 9.62 Å². The second-order valence-electron chi connectivity index (χ2n) is 8.35. The van der Waals surface area contributed by atoms with Crippen molar-refractivity contribution in [1.82, 2.24) is 4.90 Å². The average Bonchev–Trinajstić information content (AvgIpc) is 2.70. The second-order valence-corrected chi connectivity index (χ2v) is 10.1.